The third-order valence-electron chi connectivity index (χ3n) is 7.51. The largest absolute Gasteiger partial charge is 0.507 e. The van der Waals surface area contributed by atoms with Crippen LogP contribution < -0.4 is 24.3 Å². The van der Waals surface area contributed by atoms with Crippen LogP contribution in [-0.4, -0.2) is 72.9 Å². The van der Waals surface area contributed by atoms with Gasteiger partial charge in [0, 0.05) is 49.5 Å². The van der Waals surface area contributed by atoms with Crippen molar-refractivity contribution in [1.82, 2.24) is 5.32 Å². The van der Waals surface area contributed by atoms with Crippen LogP contribution in [0.25, 0.3) is 0 Å². The molecule has 2 aromatic carbocycles. The molecular weight excluding hydrogens is 558 g/mol. The van der Waals surface area contributed by atoms with E-state index in [1.165, 1.54) is 45.6 Å². The minimum absolute atomic E-state index is 0.00458. The number of hydrogen-bond donors (Lipinski definition) is 4. The Hall–Kier alpha value is -3.96. The first-order chi connectivity index (χ1) is 19.5. The number of halogens is 1. The van der Waals surface area contributed by atoms with Crippen molar-refractivity contribution in [2.24, 2.45) is 5.92 Å². The van der Waals surface area contributed by atoms with E-state index in [0.717, 1.165) is 0 Å². The van der Waals surface area contributed by atoms with E-state index in [-0.39, 0.29) is 70.9 Å². The lowest BCUT2D eigenvalue weighted by Crippen LogP contribution is -2.53. The number of aliphatic hydroxyl groups is 2. The van der Waals surface area contributed by atoms with E-state index < -0.39 is 40.7 Å². The van der Waals surface area contributed by atoms with Crippen LogP contribution in [0.5, 0.6) is 28.7 Å². The zero-order chi connectivity index (χ0) is 30.1. The molecule has 3 atom stereocenters. The summed E-state index contributed by atoms with van der Waals surface area (Å²) in [6, 6.07) is 5.73. The Labute approximate surface area is 241 Å². The minimum Gasteiger partial charge on any atom is -0.507 e. The van der Waals surface area contributed by atoms with E-state index in [2.05, 4.69) is 5.32 Å². The minimum atomic E-state index is -2.03. The molecule has 0 saturated heterocycles. The zero-order valence-electron chi connectivity index (χ0n) is 23.1. The van der Waals surface area contributed by atoms with E-state index in [0.29, 0.717) is 12.0 Å². The van der Waals surface area contributed by atoms with Crippen molar-refractivity contribution in [1.29, 1.82) is 0 Å². The summed E-state index contributed by atoms with van der Waals surface area (Å²) in [5.41, 5.74) is -1.84. The first-order valence-electron chi connectivity index (χ1n) is 12.9. The Bertz CT molecular complexity index is 1420. The van der Waals surface area contributed by atoms with E-state index in [4.69, 9.17) is 35.7 Å². The number of amides is 1. The molecule has 1 heterocycles. The fourth-order valence-electron chi connectivity index (χ4n) is 5.40. The number of phenols is 1. The lowest BCUT2D eigenvalue weighted by molar-refractivity contribution is -0.121. The summed E-state index contributed by atoms with van der Waals surface area (Å²) < 4.78 is 22.2. The number of aliphatic hydroxyl groups excluding tert-OH is 2. The molecule has 0 fully saturated rings. The highest BCUT2D eigenvalue weighted by Crippen LogP contribution is 2.56. The van der Waals surface area contributed by atoms with Gasteiger partial charge >= 0.3 is 0 Å². The highest BCUT2D eigenvalue weighted by molar-refractivity contribution is 6.35. The summed E-state index contributed by atoms with van der Waals surface area (Å²) in [6.45, 7) is 1.67. The number of benzene rings is 2. The van der Waals surface area contributed by atoms with Gasteiger partial charge in [0.1, 0.15) is 22.1 Å². The third kappa shape index (κ3) is 5.04. The summed E-state index contributed by atoms with van der Waals surface area (Å²) >= 11 is 6.52. The fourth-order valence-corrected chi connectivity index (χ4v) is 5.67. The smallest absolute Gasteiger partial charge is 0.231 e. The van der Waals surface area contributed by atoms with Gasteiger partial charge in [0.05, 0.1) is 21.3 Å². The topological polar surface area (TPSA) is 161 Å². The summed E-state index contributed by atoms with van der Waals surface area (Å²) in [6.07, 6.45) is -0.161. The maximum Gasteiger partial charge on any atom is 0.231 e. The van der Waals surface area contributed by atoms with Crippen LogP contribution in [0.4, 0.5) is 0 Å². The summed E-state index contributed by atoms with van der Waals surface area (Å²) in [7, 11) is 4.10. The molecule has 1 aliphatic heterocycles. The predicted octanol–water partition coefficient (Wildman–Crippen LogP) is 3.48. The molecule has 2 aromatic rings. The number of rotatable bonds is 10. The molecule has 0 saturated carbocycles. The van der Waals surface area contributed by atoms with Crippen molar-refractivity contribution in [2.45, 2.75) is 37.7 Å². The Morgan fingerprint density at radius 2 is 1.80 bits per heavy atom. The van der Waals surface area contributed by atoms with Gasteiger partial charge in [0.25, 0.3) is 0 Å². The summed E-state index contributed by atoms with van der Waals surface area (Å²) in [4.78, 5) is 40.7. The van der Waals surface area contributed by atoms with Gasteiger partial charge < -0.3 is 39.6 Å². The maximum atomic E-state index is 14.1. The van der Waals surface area contributed by atoms with Crippen molar-refractivity contribution < 1.29 is 48.7 Å². The van der Waals surface area contributed by atoms with Crippen molar-refractivity contribution in [3.63, 3.8) is 0 Å². The first kappa shape index (κ1) is 30.0. The van der Waals surface area contributed by atoms with Gasteiger partial charge in [-0.15, -0.1) is 0 Å². The Balaban J connectivity index is 1.91. The fraction of sp³-hybridized carbons (Fsp3) is 0.414. The second kappa shape index (κ2) is 11.9. The van der Waals surface area contributed by atoms with Gasteiger partial charge in [-0.3, -0.25) is 14.4 Å². The van der Waals surface area contributed by atoms with Crippen molar-refractivity contribution in [2.75, 3.05) is 34.5 Å². The van der Waals surface area contributed by atoms with Gasteiger partial charge in [-0.25, -0.2) is 0 Å². The molecule has 1 aliphatic carbocycles. The molecule has 1 amide bonds. The molecule has 41 heavy (non-hydrogen) atoms. The predicted molar refractivity (Wildman–Crippen MR) is 147 cm³/mol. The molecule has 1 spiro atoms. The number of ketones is 2. The number of carbonyl (C=O) groups is 3. The van der Waals surface area contributed by atoms with Gasteiger partial charge in [-0.05, 0) is 24.1 Å². The van der Waals surface area contributed by atoms with Crippen molar-refractivity contribution in [3.8, 4) is 28.7 Å². The highest BCUT2D eigenvalue weighted by Gasteiger charge is 2.61. The number of fused-ring (bicyclic) bond motifs is 1. The van der Waals surface area contributed by atoms with Crippen LogP contribution >= 0.6 is 11.6 Å². The monoisotopic (exact) mass is 589 g/mol. The molecule has 11 nitrogen and oxygen atoms in total. The van der Waals surface area contributed by atoms with E-state index in [1.807, 2.05) is 0 Å². The number of Topliss-reactive ketones (excluding diaryl/α,β-unsaturated/α-hetero) is 2. The van der Waals surface area contributed by atoms with Crippen LogP contribution in [0, 0.1) is 5.92 Å². The molecule has 2 aliphatic rings. The van der Waals surface area contributed by atoms with Gasteiger partial charge in [-0.2, -0.15) is 0 Å². The number of nitrogens with one attached hydrogen (secondary N) is 1. The van der Waals surface area contributed by atoms with Crippen LogP contribution in [0.15, 0.2) is 35.6 Å². The quantitative estimate of drug-likeness (QED) is 0.302. The lowest BCUT2D eigenvalue weighted by atomic mass is 9.69. The Morgan fingerprint density at radius 3 is 2.44 bits per heavy atom. The number of hydrogen-bond acceptors (Lipinski definition) is 10. The third-order valence-corrected chi connectivity index (χ3v) is 7.87. The SMILES string of the molecule is COc1cc(C(CC(=O)NCCCO)C2=C(O)C3(Oc4c(Cl)c(OC)cc(OC)c4C3=O)C(C)CC2=O)ccc1O. The molecule has 0 aromatic heterocycles. The van der Waals surface area contributed by atoms with Crippen molar-refractivity contribution >= 4 is 29.1 Å². The number of carbonyl (C=O) groups excluding carboxylic acids is 3. The van der Waals surface area contributed by atoms with E-state index in [1.54, 1.807) is 6.92 Å². The second-order valence-corrected chi connectivity index (χ2v) is 10.2. The number of ether oxygens (including phenoxy) is 4. The zero-order valence-corrected chi connectivity index (χ0v) is 23.8. The average Bonchev–Trinajstić information content (AvgIpc) is 3.27. The van der Waals surface area contributed by atoms with Gasteiger partial charge in [0.2, 0.25) is 17.3 Å². The second-order valence-electron chi connectivity index (χ2n) is 9.87. The molecular formula is C29H32ClNO10. The van der Waals surface area contributed by atoms with Crippen LogP contribution in [0.2, 0.25) is 5.02 Å². The highest BCUT2D eigenvalue weighted by atomic mass is 35.5. The first-order valence-corrected chi connectivity index (χ1v) is 13.3. The molecule has 3 unspecified atom stereocenters. The van der Waals surface area contributed by atoms with E-state index in [9.17, 15) is 24.6 Å². The van der Waals surface area contributed by atoms with Gasteiger partial charge in [-0.1, -0.05) is 24.6 Å². The Morgan fingerprint density at radius 1 is 1.12 bits per heavy atom. The number of allylic oxidation sites excluding steroid dienone is 1. The number of aromatic hydroxyl groups is 1. The van der Waals surface area contributed by atoms with Crippen LogP contribution in [0.1, 0.15) is 48.0 Å². The molecule has 4 rings (SSSR count). The molecule has 12 heteroatoms. The molecule has 0 radical (unpaired) electrons. The normalized spacial score (nSPS) is 20.5. The molecule has 0 bridgehead atoms. The number of phenolic OH excluding ortho intramolecular Hbond substituents is 1. The standard InChI is InChI=1S/C29H32ClNO10/c1-14-10-18(34)23(16(12-22(35)31-8-5-9-32)15-6-7-17(33)19(11-15)38-2)27(36)29(14)28(37)24-20(39-3)13-21(40-4)25(30)26(24)41-29/h6-7,11,13-14,16,32-33,36H,5,8-10,12H2,1-4H3,(H,31,35). The maximum absolute atomic E-state index is 14.1. The van der Waals surface area contributed by atoms with Crippen LogP contribution in [0.3, 0.4) is 0 Å². The molecule has 4 N–H and O–H groups in total. The summed E-state index contributed by atoms with van der Waals surface area (Å²) in [5.74, 6) is -3.95. The van der Waals surface area contributed by atoms with E-state index >= 15 is 0 Å². The van der Waals surface area contributed by atoms with Gasteiger partial charge in [0.15, 0.2) is 28.8 Å². The average molecular weight is 590 g/mol. The Kier molecular flexibility index (Phi) is 8.69. The van der Waals surface area contributed by atoms with Crippen molar-refractivity contribution in [3.05, 3.63) is 51.7 Å². The van der Waals surface area contributed by atoms with Crippen LogP contribution in [-0.2, 0) is 9.59 Å². The summed E-state index contributed by atoms with van der Waals surface area (Å²) in [5, 5.41) is 33.8. The number of methoxy groups -OCH3 is 3. The lowest BCUT2D eigenvalue weighted by Gasteiger charge is -2.38. The molecule has 220 valence electrons.